The van der Waals surface area contributed by atoms with E-state index in [9.17, 15) is 4.79 Å². The van der Waals surface area contributed by atoms with E-state index in [2.05, 4.69) is 24.4 Å². The molecule has 1 aliphatic rings. The predicted molar refractivity (Wildman–Crippen MR) is 98.9 cm³/mol. The van der Waals surface area contributed by atoms with Crippen molar-refractivity contribution >= 4 is 12.1 Å². The van der Waals surface area contributed by atoms with E-state index in [1.807, 2.05) is 30.3 Å². The third-order valence-corrected chi connectivity index (χ3v) is 4.23. The largest absolute Gasteiger partial charge is 0.484 e. The van der Waals surface area contributed by atoms with Crippen LogP contribution in [-0.4, -0.2) is 25.5 Å². The molecule has 6 heteroatoms. The third kappa shape index (κ3) is 4.53. The van der Waals surface area contributed by atoms with Gasteiger partial charge in [0, 0.05) is 0 Å². The molecule has 3 rings (SSSR count). The summed E-state index contributed by atoms with van der Waals surface area (Å²) in [4.78, 5) is 11.8. The van der Waals surface area contributed by atoms with Crippen molar-refractivity contribution in [1.82, 2.24) is 5.43 Å². The summed E-state index contributed by atoms with van der Waals surface area (Å²) in [5.41, 5.74) is 4.50. The Morgan fingerprint density at radius 3 is 2.77 bits per heavy atom. The standard InChI is InChI=1S/C20H22N2O4/c1-3-14(2)16-5-7-17(8-6-16)24-12-20(23)22-21-11-15-4-9-18-19(10-15)26-13-25-18/h4-11,14H,3,12-13H2,1-2H3,(H,22,23). The van der Waals surface area contributed by atoms with Crippen LogP contribution < -0.4 is 19.6 Å². The highest BCUT2D eigenvalue weighted by molar-refractivity contribution is 5.83. The lowest BCUT2D eigenvalue weighted by Crippen LogP contribution is -2.24. The Bertz CT molecular complexity index is 787. The van der Waals surface area contributed by atoms with Gasteiger partial charge in [0.2, 0.25) is 6.79 Å². The molecule has 2 aromatic carbocycles. The first-order valence-electron chi connectivity index (χ1n) is 8.60. The van der Waals surface area contributed by atoms with Gasteiger partial charge in [-0.25, -0.2) is 5.43 Å². The Hall–Kier alpha value is -3.02. The number of hydrogen-bond acceptors (Lipinski definition) is 5. The van der Waals surface area contributed by atoms with Gasteiger partial charge in [-0.05, 0) is 53.8 Å². The van der Waals surface area contributed by atoms with E-state index in [4.69, 9.17) is 14.2 Å². The van der Waals surface area contributed by atoms with E-state index >= 15 is 0 Å². The van der Waals surface area contributed by atoms with E-state index in [0.29, 0.717) is 23.2 Å². The fraction of sp³-hybridized carbons (Fsp3) is 0.300. The van der Waals surface area contributed by atoms with Crippen LogP contribution in [0.15, 0.2) is 47.6 Å². The van der Waals surface area contributed by atoms with Gasteiger partial charge in [0.15, 0.2) is 18.1 Å². The van der Waals surface area contributed by atoms with E-state index in [-0.39, 0.29) is 19.3 Å². The van der Waals surface area contributed by atoms with E-state index in [1.165, 1.54) is 5.56 Å². The molecule has 0 spiro atoms. The van der Waals surface area contributed by atoms with Gasteiger partial charge in [-0.2, -0.15) is 5.10 Å². The first kappa shape index (κ1) is 17.8. The zero-order valence-electron chi connectivity index (χ0n) is 14.9. The van der Waals surface area contributed by atoms with Crippen LogP contribution in [0.3, 0.4) is 0 Å². The van der Waals surface area contributed by atoms with Crippen LogP contribution in [0, 0.1) is 0 Å². The molecule has 1 unspecified atom stereocenters. The zero-order chi connectivity index (χ0) is 18.4. The second-order valence-corrected chi connectivity index (χ2v) is 6.07. The van der Waals surface area contributed by atoms with Crippen LogP contribution in [-0.2, 0) is 4.79 Å². The van der Waals surface area contributed by atoms with Crippen molar-refractivity contribution in [1.29, 1.82) is 0 Å². The van der Waals surface area contributed by atoms with Crippen LogP contribution in [0.5, 0.6) is 17.2 Å². The van der Waals surface area contributed by atoms with Crippen molar-refractivity contribution in [3.8, 4) is 17.2 Å². The van der Waals surface area contributed by atoms with Gasteiger partial charge in [0.1, 0.15) is 5.75 Å². The van der Waals surface area contributed by atoms with Gasteiger partial charge >= 0.3 is 0 Å². The summed E-state index contributed by atoms with van der Waals surface area (Å²) >= 11 is 0. The molecule has 1 N–H and O–H groups in total. The van der Waals surface area contributed by atoms with E-state index < -0.39 is 0 Å². The van der Waals surface area contributed by atoms with Gasteiger partial charge in [0.25, 0.3) is 5.91 Å². The molecule has 0 radical (unpaired) electrons. The maximum absolute atomic E-state index is 11.8. The lowest BCUT2D eigenvalue weighted by molar-refractivity contribution is -0.123. The van der Waals surface area contributed by atoms with Crippen molar-refractivity contribution in [2.45, 2.75) is 26.2 Å². The number of ether oxygens (including phenoxy) is 3. The molecule has 0 saturated heterocycles. The minimum absolute atomic E-state index is 0.0961. The summed E-state index contributed by atoms with van der Waals surface area (Å²) in [5.74, 6) is 2.22. The predicted octanol–water partition coefficient (Wildman–Crippen LogP) is 3.46. The first-order chi connectivity index (χ1) is 12.7. The zero-order valence-corrected chi connectivity index (χ0v) is 14.9. The van der Waals surface area contributed by atoms with Gasteiger partial charge < -0.3 is 14.2 Å². The topological polar surface area (TPSA) is 69.2 Å². The number of fused-ring (bicyclic) bond motifs is 1. The fourth-order valence-corrected chi connectivity index (χ4v) is 2.48. The minimum atomic E-state index is -0.326. The summed E-state index contributed by atoms with van der Waals surface area (Å²) in [5, 5.41) is 3.93. The number of rotatable bonds is 7. The Morgan fingerprint density at radius 2 is 2.00 bits per heavy atom. The summed E-state index contributed by atoms with van der Waals surface area (Å²) in [6.07, 6.45) is 2.63. The molecule has 1 atom stereocenters. The Balaban J connectivity index is 1.45. The maximum atomic E-state index is 11.8. The molecule has 26 heavy (non-hydrogen) atoms. The highest BCUT2D eigenvalue weighted by Gasteiger charge is 2.12. The normalized spacial score (nSPS) is 13.6. The summed E-state index contributed by atoms with van der Waals surface area (Å²) < 4.78 is 16.0. The van der Waals surface area contributed by atoms with Crippen molar-refractivity contribution in [3.05, 3.63) is 53.6 Å². The monoisotopic (exact) mass is 354 g/mol. The molecule has 1 heterocycles. The van der Waals surface area contributed by atoms with E-state index in [0.717, 1.165) is 12.0 Å². The quantitative estimate of drug-likeness (QED) is 0.611. The number of nitrogens with zero attached hydrogens (tertiary/aromatic N) is 1. The average molecular weight is 354 g/mol. The second-order valence-electron chi connectivity index (χ2n) is 6.07. The van der Waals surface area contributed by atoms with Gasteiger partial charge in [-0.3, -0.25) is 4.79 Å². The highest BCUT2D eigenvalue weighted by Crippen LogP contribution is 2.31. The molecule has 0 aliphatic carbocycles. The summed E-state index contributed by atoms with van der Waals surface area (Å²) in [6, 6.07) is 13.2. The average Bonchev–Trinajstić information content (AvgIpc) is 3.14. The van der Waals surface area contributed by atoms with Crippen molar-refractivity contribution < 1.29 is 19.0 Å². The Kier molecular flexibility index (Phi) is 5.73. The number of benzene rings is 2. The van der Waals surface area contributed by atoms with Crippen molar-refractivity contribution in [2.24, 2.45) is 5.10 Å². The minimum Gasteiger partial charge on any atom is -0.484 e. The molecule has 0 aromatic heterocycles. The molecule has 0 saturated carbocycles. The lowest BCUT2D eigenvalue weighted by Gasteiger charge is -2.10. The fourth-order valence-electron chi connectivity index (χ4n) is 2.48. The molecule has 0 fully saturated rings. The van der Waals surface area contributed by atoms with Crippen LogP contribution in [0.1, 0.15) is 37.3 Å². The molecular formula is C20H22N2O4. The van der Waals surface area contributed by atoms with Gasteiger partial charge in [-0.15, -0.1) is 0 Å². The number of amides is 1. The maximum Gasteiger partial charge on any atom is 0.277 e. The first-order valence-corrected chi connectivity index (χ1v) is 8.60. The van der Waals surface area contributed by atoms with Crippen LogP contribution in [0.4, 0.5) is 0 Å². The van der Waals surface area contributed by atoms with Crippen LogP contribution in [0.2, 0.25) is 0 Å². The molecule has 0 bridgehead atoms. The summed E-state index contributed by atoms with van der Waals surface area (Å²) in [6.45, 7) is 4.47. The molecule has 1 amide bonds. The Morgan fingerprint density at radius 1 is 1.23 bits per heavy atom. The highest BCUT2D eigenvalue weighted by atomic mass is 16.7. The molecule has 136 valence electrons. The number of hydrazone groups is 1. The van der Waals surface area contributed by atoms with Crippen molar-refractivity contribution in [3.63, 3.8) is 0 Å². The van der Waals surface area contributed by atoms with E-state index in [1.54, 1.807) is 18.3 Å². The Labute approximate surface area is 152 Å². The number of nitrogens with one attached hydrogen (secondary N) is 1. The SMILES string of the molecule is CCC(C)c1ccc(OCC(=O)NN=Cc2ccc3c(c2)OCO3)cc1. The van der Waals surface area contributed by atoms with Gasteiger partial charge in [-0.1, -0.05) is 26.0 Å². The number of hydrogen-bond donors (Lipinski definition) is 1. The van der Waals surface area contributed by atoms with Gasteiger partial charge in [0.05, 0.1) is 6.21 Å². The molecule has 1 aliphatic heterocycles. The third-order valence-electron chi connectivity index (χ3n) is 4.23. The van der Waals surface area contributed by atoms with Crippen LogP contribution >= 0.6 is 0 Å². The second kappa shape index (κ2) is 8.38. The summed E-state index contributed by atoms with van der Waals surface area (Å²) in [7, 11) is 0. The molecule has 6 nitrogen and oxygen atoms in total. The number of carbonyl (C=O) groups is 1. The molecular weight excluding hydrogens is 332 g/mol. The lowest BCUT2D eigenvalue weighted by atomic mass is 9.99. The molecule has 2 aromatic rings. The van der Waals surface area contributed by atoms with Crippen LogP contribution in [0.25, 0.3) is 0 Å². The number of carbonyl (C=O) groups excluding carboxylic acids is 1. The van der Waals surface area contributed by atoms with Crippen molar-refractivity contribution in [2.75, 3.05) is 13.4 Å². The smallest absolute Gasteiger partial charge is 0.277 e.